The number of hydrogen-bond donors (Lipinski definition) is 2. The molecule has 0 aliphatic heterocycles. The first-order valence-electron chi connectivity index (χ1n) is 7.35. The molecule has 0 atom stereocenters. The van der Waals surface area contributed by atoms with Gasteiger partial charge in [-0.3, -0.25) is 10.1 Å². The van der Waals surface area contributed by atoms with E-state index in [1.807, 2.05) is 24.3 Å². The molecule has 1 heterocycles. The second-order valence-electron chi connectivity index (χ2n) is 5.22. The van der Waals surface area contributed by atoms with E-state index in [0.29, 0.717) is 17.9 Å². The summed E-state index contributed by atoms with van der Waals surface area (Å²) in [6.45, 7) is 0.332. The number of ether oxygens (including phenoxy) is 1. The quantitative estimate of drug-likeness (QED) is 0.521. The lowest BCUT2D eigenvalue weighted by Crippen LogP contribution is -2.01. The van der Waals surface area contributed by atoms with Crippen molar-refractivity contribution in [3.63, 3.8) is 0 Å². The lowest BCUT2D eigenvalue weighted by molar-refractivity contribution is -0.386. The van der Waals surface area contributed by atoms with Crippen molar-refractivity contribution in [2.75, 3.05) is 12.4 Å². The lowest BCUT2D eigenvalue weighted by atomic mass is 10.1. The minimum Gasteiger partial charge on any atom is -0.500 e. The summed E-state index contributed by atoms with van der Waals surface area (Å²) in [7, 11) is 1.35. The highest BCUT2D eigenvalue weighted by atomic mass is 16.6. The van der Waals surface area contributed by atoms with E-state index in [0.717, 1.165) is 11.3 Å². The van der Waals surface area contributed by atoms with Gasteiger partial charge in [-0.25, -0.2) is 4.98 Å². The molecule has 2 aromatic carbocycles. The average molecular weight is 341 g/mol. The number of oxazole rings is 1. The standard InChI is InChI=1S/C17H15N3O5/c1-24-15-7-11(6-14(17(15)21)20(22)23)8-19-13-4-2-12(3-5-13)16-9-18-10-25-16/h2-7,9-10,19,21H,8H2,1H3. The fraction of sp³-hybridized carbons (Fsp3) is 0.118. The van der Waals surface area contributed by atoms with Crippen LogP contribution in [0.3, 0.4) is 0 Å². The number of methoxy groups -OCH3 is 1. The molecule has 0 spiro atoms. The molecule has 0 bridgehead atoms. The summed E-state index contributed by atoms with van der Waals surface area (Å²) in [5.74, 6) is 0.254. The number of aromatic hydroxyl groups is 1. The third kappa shape index (κ3) is 3.52. The Morgan fingerprint density at radius 3 is 2.68 bits per heavy atom. The number of nitro benzene ring substituents is 1. The Balaban J connectivity index is 1.75. The van der Waals surface area contributed by atoms with Crippen LogP contribution in [0.15, 0.2) is 53.4 Å². The van der Waals surface area contributed by atoms with Crippen LogP contribution in [-0.4, -0.2) is 22.1 Å². The van der Waals surface area contributed by atoms with Crippen LogP contribution in [0.2, 0.25) is 0 Å². The van der Waals surface area contributed by atoms with Crippen molar-refractivity contribution in [1.82, 2.24) is 4.98 Å². The molecule has 1 aromatic heterocycles. The normalized spacial score (nSPS) is 10.4. The molecule has 0 saturated carbocycles. The zero-order chi connectivity index (χ0) is 17.8. The summed E-state index contributed by atoms with van der Waals surface area (Å²) in [4.78, 5) is 14.2. The highest BCUT2D eigenvalue weighted by Gasteiger charge is 2.19. The Hall–Kier alpha value is -3.55. The van der Waals surface area contributed by atoms with Crippen LogP contribution in [0.1, 0.15) is 5.56 Å². The molecule has 0 aliphatic rings. The Labute approximate surface area is 142 Å². The third-order valence-corrected chi connectivity index (χ3v) is 3.63. The molecule has 0 unspecified atom stereocenters. The summed E-state index contributed by atoms with van der Waals surface area (Å²) < 4.78 is 10.2. The third-order valence-electron chi connectivity index (χ3n) is 3.63. The van der Waals surface area contributed by atoms with Gasteiger partial charge in [0.05, 0.1) is 18.2 Å². The van der Waals surface area contributed by atoms with Crippen LogP contribution in [0.5, 0.6) is 11.5 Å². The summed E-state index contributed by atoms with van der Waals surface area (Å²) in [6, 6.07) is 10.4. The van der Waals surface area contributed by atoms with Gasteiger partial charge in [-0.1, -0.05) is 0 Å². The van der Waals surface area contributed by atoms with E-state index in [2.05, 4.69) is 10.3 Å². The van der Waals surface area contributed by atoms with Gasteiger partial charge in [0.1, 0.15) is 0 Å². The topological polar surface area (TPSA) is 111 Å². The maximum absolute atomic E-state index is 11.0. The number of nitro groups is 1. The van der Waals surface area contributed by atoms with Gasteiger partial charge in [-0.05, 0) is 35.9 Å². The molecule has 8 nitrogen and oxygen atoms in total. The van der Waals surface area contributed by atoms with Gasteiger partial charge in [0.25, 0.3) is 0 Å². The van der Waals surface area contributed by atoms with Gasteiger partial charge in [-0.2, -0.15) is 0 Å². The van der Waals surface area contributed by atoms with Gasteiger partial charge < -0.3 is 19.6 Å². The smallest absolute Gasteiger partial charge is 0.315 e. The number of anilines is 1. The number of rotatable bonds is 6. The molecule has 128 valence electrons. The van der Waals surface area contributed by atoms with Crippen LogP contribution in [0.4, 0.5) is 11.4 Å². The van der Waals surface area contributed by atoms with E-state index in [1.54, 1.807) is 12.3 Å². The SMILES string of the molecule is COc1cc(CNc2ccc(-c3cnco3)cc2)cc([N+](=O)[O-])c1O. The molecule has 0 saturated heterocycles. The number of phenolic OH excluding ortho intramolecular Hbond substituents is 1. The van der Waals surface area contributed by atoms with E-state index < -0.39 is 16.4 Å². The van der Waals surface area contributed by atoms with Crippen molar-refractivity contribution in [1.29, 1.82) is 0 Å². The maximum Gasteiger partial charge on any atom is 0.315 e. The number of nitrogens with zero attached hydrogens (tertiary/aromatic N) is 2. The van der Waals surface area contributed by atoms with Crippen molar-refractivity contribution in [3.8, 4) is 22.8 Å². The number of benzene rings is 2. The summed E-state index contributed by atoms with van der Waals surface area (Å²) in [5.41, 5.74) is 1.94. The van der Waals surface area contributed by atoms with Gasteiger partial charge in [0.2, 0.25) is 5.75 Å². The van der Waals surface area contributed by atoms with Gasteiger partial charge in [-0.15, -0.1) is 0 Å². The highest BCUT2D eigenvalue weighted by molar-refractivity contribution is 5.61. The molecule has 3 aromatic rings. The molecule has 25 heavy (non-hydrogen) atoms. The second-order valence-corrected chi connectivity index (χ2v) is 5.22. The predicted octanol–water partition coefficient (Wildman–Crippen LogP) is 3.58. The number of hydrogen-bond acceptors (Lipinski definition) is 7. The minimum atomic E-state index is -0.645. The summed E-state index contributed by atoms with van der Waals surface area (Å²) >= 11 is 0. The van der Waals surface area contributed by atoms with Crippen molar-refractivity contribution in [3.05, 3.63) is 64.7 Å². The number of nitrogens with one attached hydrogen (secondary N) is 1. The average Bonchev–Trinajstić information content (AvgIpc) is 3.15. The van der Waals surface area contributed by atoms with E-state index in [4.69, 9.17) is 9.15 Å². The lowest BCUT2D eigenvalue weighted by Gasteiger charge is -2.10. The van der Waals surface area contributed by atoms with Gasteiger partial charge in [0.15, 0.2) is 17.9 Å². The van der Waals surface area contributed by atoms with E-state index in [9.17, 15) is 15.2 Å². The Morgan fingerprint density at radius 2 is 2.08 bits per heavy atom. The largest absolute Gasteiger partial charge is 0.500 e. The van der Waals surface area contributed by atoms with Gasteiger partial charge >= 0.3 is 5.69 Å². The zero-order valence-corrected chi connectivity index (χ0v) is 13.3. The predicted molar refractivity (Wildman–Crippen MR) is 90.6 cm³/mol. The van der Waals surface area contributed by atoms with Crippen molar-refractivity contribution < 1.29 is 19.2 Å². The van der Waals surface area contributed by atoms with Crippen LogP contribution in [-0.2, 0) is 6.54 Å². The summed E-state index contributed by atoms with van der Waals surface area (Å²) in [6.07, 6.45) is 3.00. The van der Waals surface area contributed by atoms with Crippen LogP contribution in [0.25, 0.3) is 11.3 Å². The van der Waals surface area contributed by atoms with E-state index in [-0.39, 0.29) is 5.75 Å². The Bertz CT molecular complexity index is 876. The van der Waals surface area contributed by atoms with E-state index in [1.165, 1.54) is 19.6 Å². The molecule has 0 radical (unpaired) electrons. The van der Waals surface area contributed by atoms with Crippen LogP contribution < -0.4 is 10.1 Å². The molecule has 2 N–H and O–H groups in total. The zero-order valence-electron chi connectivity index (χ0n) is 13.3. The molecule has 3 rings (SSSR count). The second kappa shape index (κ2) is 6.91. The van der Waals surface area contributed by atoms with Crippen LogP contribution in [0, 0.1) is 10.1 Å². The molecular weight excluding hydrogens is 326 g/mol. The maximum atomic E-state index is 11.0. The first-order valence-corrected chi connectivity index (χ1v) is 7.35. The molecule has 0 aliphatic carbocycles. The number of phenols is 1. The molecule has 0 amide bonds. The first kappa shape index (κ1) is 16.3. The fourth-order valence-electron chi connectivity index (χ4n) is 2.36. The monoisotopic (exact) mass is 341 g/mol. The van der Waals surface area contributed by atoms with Crippen molar-refractivity contribution >= 4 is 11.4 Å². The van der Waals surface area contributed by atoms with Gasteiger partial charge in [0, 0.05) is 23.9 Å². The minimum absolute atomic E-state index is 0.0617. The van der Waals surface area contributed by atoms with Crippen LogP contribution >= 0.6 is 0 Å². The fourth-order valence-corrected chi connectivity index (χ4v) is 2.36. The van der Waals surface area contributed by atoms with Crippen molar-refractivity contribution in [2.24, 2.45) is 0 Å². The number of aromatic nitrogens is 1. The molecular formula is C17H15N3O5. The van der Waals surface area contributed by atoms with Crippen molar-refractivity contribution in [2.45, 2.75) is 6.54 Å². The molecule has 8 heteroatoms. The van der Waals surface area contributed by atoms with E-state index >= 15 is 0 Å². The Kier molecular flexibility index (Phi) is 4.51. The molecule has 0 fully saturated rings. The Morgan fingerprint density at radius 1 is 1.32 bits per heavy atom. The first-order chi connectivity index (χ1) is 12.1. The highest BCUT2D eigenvalue weighted by Crippen LogP contribution is 2.37. The summed E-state index contributed by atoms with van der Waals surface area (Å²) in [5, 5.41) is 24.0.